The molecule has 2 fully saturated rings. The summed E-state index contributed by atoms with van der Waals surface area (Å²) in [5.41, 5.74) is 6.44. The van der Waals surface area contributed by atoms with Crippen LogP contribution in [0.1, 0.15) is 24.0 Å². The minimum absolute atomic E-state index is 0.274. The molecule has 2 saturated heterocycles. The Kier molecular flexibility index (Phi) is 9.37. The molecular formula is C34H36Cl2N4O4. The quantitative estimate of drug-likeness (QED) is 0.234. The van der Waals surface area contributed by atoms with E-state index in [0.29, 0.717) is 53.5 Å². The Morgan fingerprint density at radius 2 is 1.45 bits per heavy atom. The Hall–Kier alpha value is -3.24. The molecule has 0 radical (unpaired) electrons. The van der Waals surface area contributed by atoms with Crippen LogP contribution in [0.25, 0.3) is 33.6 Å². The third-order valence-electron chi connectivity index (χ3n) is 8.43. The van der Waals surface area contributed by atoms with Crippen LogP contribution in [0.2, 0.25) is 10.0 Å². The van der Waals surface area contributed by atoms with Gasteiger partial charge in [-0.05, 0) is 31.0 Å². The number of aliphatic hydroxyl groups is 2. The van der Waals surface area contributed by atoms with Gasteiger partial charge < -0.3 is 19.7 Å². The van der Waals surface area contributed by atoms with Crippen molar-refractivity contribution in [2.24, 2.45) is 0 Å². The van der Waals surface area contributed by atoms with Crippen LogP contribution in [0.3, 0.4) is 0 Å². The lowest BCUT2D eigenvalue weighted by molar-refractivity contribution is 0.174. The number of pyridine rings is 2. The van der Waals surface area contributed by atoms with Crippen molar-refractivity contribution in [2.75, 3.05) is 40.4 Å². The Morgan fingerprint density at radius 3 is 2.11 bits per heavy atom. The molecule has 230 valence electrons. The van der Waals surface area contributed by atoms with E-state index >= 15 is 0 Å². The molecule has 2 atom stereocenters. The van der Waals surface area contributed by atoms with E-state index in [1.54, 1.807) is 20.4 Å². The molecule has 8 nitrogen and oxygen atoms in total. The molecular weight excluding hydrogens is 599 g/mol. The topological polar surface area (TPSA) is 91.2 Å². The lowest BCUT2D eigenvalue weighted by Gasteiger charge is -2.18. The second-order valence-corrected chi connectivity index (χ2v) is 12.2. The summed E-state index contributed by atoms with van der Waals surface area (Å²) in [6, 6.07) is 17.6. The Morgan fingerprint density at radius 1 is 0.795 bits per heavy atom. The number of β-amino-alcohol motifs (C(OH)–C–C–N with tert-alkyl or cyclic N) is 2. The number of halogens is 2. The molecule has 0 aliphatic carbocycles. The molecule has 0 saturated carbocycles. The minimum atomic E-state index is -0.285. The fourth-order valence-corrected chi connectivity index (χ4v) is 6.77. The zero-order valence-electron chi connectivity index (χ0n) is 24.8. The van der Waals surface area contributed by atoms with Crippen molar-refractivity contribution >= 4 is 23.2 Å². The van der Waals surface area contributed by atoms with Gasteiger partial charge in [0.15, 0.2) is 0 Å². The van der Waals surface area contributed by atoms with E-state index in [1.807, 2.05) is 54.6 Å². The molecule has 10 heteroatoms. The van der Waals surface area contributed by atoms with Crippen LogP contribution < -0.4 is 9.47 Å². The second-order valence-electron chi connectivity index (χ2n) is 11.4. The molecule has 0 amide bonds. The van der Waals surface area contributed by atoms with Crippen molar-refractivity contribution in [3.63, 3.8) is 0 Å². The van der Waals surface area contributed by atoms with Crippen LogP contribution in [0.5, 0.6) is 11.6 Å². The van der Waals surface area contributed by atoms with E-state index < -0.39 is 0 Å². The zero-order chi connectivity index (χ0) is 30.8. The highest BCUT2D eigenvalue weighted by atomic mass is 35.5. The molecule has 2 aliphatic rings. The van der Waals surface area contributed by atoms with Crippen molar-refractivity contribution in [3.8, 4) is 45.3 Å². The van der Waals surface area contributed by atoms with E-state index in [-0.39, 0.29) is 12.2 Å². The van der Waals surface area contributed by atoms with Crippen molar-refractivity contribution in [1.82, 2.24) is 19.8 Å². The first-order valence-corrected chi connectivity index (χ1v) is 15.6. The second kappa shape index (κ2) is 13.4. The summed E-state index contributed by atoms with van der Waals surface area (Å²) in [6.07, 6.45) is 2.74. The van der Waals surface area contributed by atoms with Gasteiger partial charge in [-0.25, -0.2) is 4.98 Å². The third kappa shape index (κ3) is 6.42. The smallest absolute Gasteiger partial charge is 0.218 e. The van der Waals surface area contributed by atoms with Crippen LogP contribution in [0.15, 0.2) is 60.8 Å². The van der Waals surface area contributed by atoms with Gasteiger partial charge in [-0.3, -0.25) is 14.8 Å². The maximum atomic E-state index is 9.92. The predicted molar refractivity (Wildman–Crippen MR) is 173 cm³/mol. The number of ether oxygens (including phenoxy) is 2. The number of hydrogen-bond acceptors (Lipinski definition) is 8. The first-order chi connectivity index (χ1) is 21.3. The summed E-state index contributed by atoms with van der Waals surface area (Å²) in [6.45, 7) is 4.37. The van der Waals surface area contributed by atoms with Crippen molar-refractivity contribution < 1.29 is 19.7 Å². The number of aliphatic hydroxyl groups excluding tert-OH is 2. The summed E-state index contributed by atoms with van der Waals surface area (Å²) in [5, 5.41) is 20.8. The first kappa shape index (κ1) is 30.8. The van der Waals surface area contributed by atoms with Crippen LogP contribution in [-0.4, -0.2) is 82.6 Å². The highest BCUT2D eigenvalue weighted by Gasteiger charge is 2.24. The van der Waals surface area contributed by atoms with Gasteiger partial charge in [0.05, 0.1) is 47.9 Å². The minimum Gasteiger partial charge on any atom is -0.496 e. The molecule has 2 aromatic heterocycles. The number of methoxy groups -OCH3 is 2. The lowest BCUT2D eigenvalue weighted by atomic mass is 9.99. The molecule has 4 heterocycles. The van der Waals surface area contributed by atoms with Crippen LogP contribution in [-0.2, 0) is 13.1 Å². The van der Waals surface area contributed by atoms with E-state index in [9.17, 15) is 10.2 Å². The Bertz CT molecular complexity index is 1530. The van der Waals surface area contributed by atoms with E-state index in [4.69, 9.17) is 37.7 Å². The summed E-state index contributed by atoms with van der Waals surface area (Å²) in [4.78, 5) is 13.8. The average Bonchev–Trinajstić information content (AvgIpc) is 3.64. The van der Waals surface area contributed by atoms with Gasteiger partial charge in [0.1, 0.15) is 5.75 Å². The van der Waals surface area contributed by atoms with Crippen LogP contribution in [0, 0.1) is 0 Å². The van der Waals surface area contributed by atoms with E-state index in [2.05, 4.69) is 14.8 Å². The van der Waals surface area contributed by atoms with Gasteiger partial charge >= 0.3 is 0 Å². The van der Waals surface area contributed by atoms with Crippen LogP contribution >= 0.6 is 23.2 Å². The number of hydrogen-bond donors (Lipinski definition) is 2. The summed E-state index contributed by atoms with van der Waals surface area (Å²) < 4.78 is 11.4. The van der Waals surface area contributed by atoms with Gasteiger partial charge in [0.25, 0.3) is 0 Å². The maximum Gasteiger partial charge on any atom is 0.218 e. The van der Waals surface area contributed by atoms with Gasteiger partial charge in [0.2, 0.25) is 5.88 Å². The molecule has 0 spiro atoms. The number of nitrogens with zero attached hydrogens (tertiary/aromatic N) is 4. The van der Waals surface area contributed by atoms with Gasteiger partial charge in [-0.1, -0.05) is 59.6 Å². The Balaban J connectivity index is 1.29. The van der Waals surface area contributed by atoms with Gasteiger partial charge in [-0.2, -0.15) is 0 Å². The lowest BCUT2D eigenvalue weighted by Crippen LogP contribution is -2.22. The average molecular weight is 636 g/mol. The molecule has 2 aromatic carbocycles. The van der Waals surface area contributed by atoms with Gasteiger partial charge in [0, 0.05) is 78.8 Å². The predicted octanol–water partition coefficient (Wildman–Crippen LogP) is 5.93. The van der Waals surface area contributed by atoms with Crippen molar-refractivity contribution in [2.45, 2.75) is 38.1 Å². The maximum absolute atomic E-state index is 9.92. The normalized spacial score (nSPS) is 19.0. The molecule has 2 N–H and O–H groups in total. The number of rotatable bonds is 9. The largest absolute Gasteiger partial charge is 0.496 e. The Labute approximate surface area is 267 Å². The zero-order valence-corrected chi connectivity index (χ0v) is 26.4. The highest BCUT2D eigenvalue weighted by Crippen LogP contribution is 2.42. The fourth-order valence-electron chi connectivity index (χ4n) is 6.12. The molecule has 44 heavy (non-hydrogen) atoms. The molecule has 0 bridgehead atoms. The number of aromatic nitrogens is 2. The van der Waals surface area contributed by atoms with Gasteiger partial charge in [-0.15, -0.1) is 0 Å². The first-order valence-electron chi connectivity index (χ1n) is 14.8. The van der Waals surface area contributed by atoms with Crippen molar-refractivity contribution in [1.29, 1.82) is 0 Å². The SMILES string of the molecule is COc1cc(-c2nccc(-c3cccc(-c4ccc(CN5CC[C@H](O)C5)c(OC)n4)c3Cl)c2Cl)ccc1CN1CC[C@@H](O)C1. The molecule has 0 unspecified atom stereocenters. The van der Waals surface area contributed by atoms with Crippen LogP contribution in [0.4, 0.5) is 0 Å². The molecule has 4 aromatic rings. The summed E-state index contributed by atoms with van der Waals surface area (Å²) >= 11 is 14.1. The summed E-state index contributed by atoms with van der Waals surface area (Å²) in [5.74, 6) is 1.28. The highest BCUT2D eigenvalue weighted by molar-refractivity contribution is 6.39. The van der Waals surface area contributed by atoms with E-state index in [1.165, 1.54) is 0 Å². The standard InChI is InChI=1S/C34H36Cl2N4O4/c1-43-30-16-21(6-7-22(30)17-39-14-11-24(41)19-39)33-32(36)27(10-13-37-33)26-4-3-5-28(31(26)35)29-9-8-23(34(38-29)44-2)18-40-15-12-25(42)20-40/h3-10,13,16,24-25,41-42H,11-12,14-15,17-20H2,1-2H3/t24-,25+/m1/s1. The van der Waals surface area contributed by atoms with E-state index in [0.717, 1.165) is 65.1 Å². The van der Waals surface area contributed by atoms with Crippen molar-refractivity contribution in [3.05, 3.63) is 82.0 Å². The molecule has 2 aliphatic heterocycles. The number of likely N-dealkylation sites (tertiary alicyclic amines) is 2. The summed E-state index contributed by atoms with van der Waals surface area (Å²) in [7, 11) is 3.27. The fraction of sp³-hybridized carbons (Fsp3) is 0.353. The molecule has 6 rings (SSSR count). The third-order valence-corrected chi connectivity index (χ3v) is 9.22. The number of benzene rings is 2. The monoisotopic (exact) mass is 634 g/mol.